The first-order chi connectivity index (χ1) is 15.7. The number of rotatable bonds is 6. The number of hydrogen-bond acceptors (Lipinski definition) is 5. The summed E-state index contributed by atoms with van der Waals surface area (Å²) in [6.07, 6.45) is 2.68. The van der Waals surface area contributed by atoms with Gasteiger partial charge in [-0.3, -0.25) is 10.2 Å². The number of benzene rings is 3. The minimum absolute atomic E-state index is 0.0878. The summed E-state index contributed by atoms with van der Waals surface area (Å²) in [5, 5.41) is 10.7. The third kappa shape index (κ3) is 4.70. The maximum absolute atomic E-state index is 12.7. The molecule has 0 bridgehead atoms. The van der Waals surface area contributed by atoms with Crippen LogP contribution in [0.1, 0.15) is 5.56 Å². The average molecular weight is 459 g/mol. The van der Waals surface area contributed by atoms with Crippen LogP contribution >= 0.6 is 0 Å². The summed E-state index contributed by atoms with van der Waals surface area (Å²) >= 11 is 0. The fraction of sp³-hybridized carbons (Fsp3) is 0.0400. The fourth-order valence-electron chi connectivity index (χ4n) is 3.60. The summed E-state index contributed by atoms with van der Waals surface area (Å²) < 4.78 is 25.3. The van der Waals surface area contributed by atoms with E-state index in [2.05, 4.69) is 10.3 Å². The predicted molar refractivity (Wildman–Crippen MR) is 132 cm³/mol. The molecule has 0 radical (unpaired) electrons. The highest BCUT2D eigenvalue weighted by molar-refractivity contribution is 7.90. The van der Waals surface area contributed by atoms with E-state index in [1.165, 1.54) is 12.5 Å². The van der Waals surface area contributed by atoms with Crippen molar-refractivity contribution < 1.29 is 8.42 Å². The van der Waals surface area contributed by atoms with E-state index in [0.29, 0.717) is 27.9 Å². The van der Waals surface area contributed by atoms with E-state index in [-0.39, 0.29) is 22.0 Å². The number of nitrogen functional groups attached to an aromatic ring is 1. The molecule has 0 amide bonds. The lowest BCUT2D eigenvalue weighted by molar-refractivity contribution is 0.602. The molecule has 0 aliphatic carbocycles. The average Bonchev–Trinajstić information content (AvgIpc) is 2.80. The van der Waals surface area contributed by atoms with Crippen molar-refractivity contribution in [2.24, 2.45) is 5.73 Å². The van der Waals surface area contributed by atoms with E-state index in [9.17, 15) is 13.2 Å². The van der Waals surface area contributed by atoms with E-state index < -0.39 is 9.84 Å². The summed E-state index contributed by atoms with van der Waals surface area (Å²) in [6, 6.07) is 23.0. The van der Waals surface area contributed by atoms with Crippen LogP contribution in [0, 0.1) is 5.41 Å². The van der Waals surface area contributed by atoms with Gasteiger partial charge in [0.05, 0.1) is 4.90 Å². The highest BCUT2D eigenvalue weighted by Gasteiger charge is 2.18. The van der Waals surface area contributed by atoms with Crippen LogP contribution in [0.2, 0.25) is 0 Å². The van der Waals surface area contributed by atoms with Gasteiger partial charge in [0.1, 0.15) is 11.5 Å². The van der Waals surface area contributed by atoms with Crippen molar-refractivity contribution in [3.63, 3.8) is 0 Å². The number of aromatic amines is 1. The van der Waals surface area contributed by atoms with Gasteiger partial charge in [-0.05, 0) is 35.4 Å². The minimum Gasteiger partial charge on any atom is -0.384 e. The van der Waals surface area contributed by atoms with Gasteiger partial charge in [-0.1, -0.05) is 54.6 Å². The Balaban J connectivity index is 1.85. The Hall–Kier alpha value is -4.17. The zero-order valence-electron chi connectivity index (χ0n) is 17.8. The van der Waals surface area contributed by atoms with E-state index in [1.807, 2.05) is 30.3 Å². The molecule has 0 saturated heterocycles. The molecule has 0 aliphatic rings. The minimum atomic E-state index is -3.55. The Kier molecular flexibility index (Phi) is 5.85. The molecule has 0 spiro atoms. The van der Waals surface area contributed by atoms with Crippen molar-refractivity contribution in [2.45, 2.75) is 4.90 Å². The number of nitrogens with one attached hydrogen (secondary N) is 3. The lowest BCUT2D eigenvalue weighted by Crippen LogP contribution is -2.14. The van der Waals surface area contributed by atoms with Gasteiger partial charge in [-0.15, -0.1) is 0 Å². The lowest BCUT2D eigenvalue weighted by atomic mass is 9.99. The van der Waals surface area contributed by atoms with Gasteiger partial charge in [0.2, 0.25) is 0 Å². The van der Waals surface area contributed by atoms with E-state index in [0.717, 1.165) is 5.56 Å². The number of aromatic nitrogens is 1. The van der Waals surface area contributed by atoms with Gasteiger partial charge < -0.3 is 16.0 Å². The van der Waals surface area contributed by atoms with E-state index in [4.69, 9.17) is 11.1 Å². The smallest absolute Gasteiger partial charge is 0.272 e. The van der Waals surface area contributed by atoms with Crippen molar-refractivity contribution in [3.8, 4) is 22.3 Å². The number of anilines is 2. The Morgan fingerprint density at radius 2 is 1.67 bits per heavy atom. The molecule has 1 heterocycles. The quantitative estimate of drug-likeness (QED) is 0.255. The van der Waals surface area contributed by atoms with Crippen LogP contribution in [0.5, 0.6) is 0 Å². The number of H-pyrrole nitrogens is 1. The standard InChI is InChI=1S/C25H22N4O3S/c1-33(31,32)22-15-17(10-11-20(22)16-6-3-2-4-7-16)21-12-13-28-25(30)23(21)29-19-9-5-8-18(14-19)24(26)27/h2-15,29H,1H3,(H3,26,27)(H,28,30). The SMILES string of the molecule is CS(=O)(=O)c1cc(-c2cc[nH]c(=O)c2Nc2cccc(C(=N)N)c2)ccc1-c1ccccc1. The molecule has 7 nitrogen and oxygen atoms in total. The van der Waals surface area contributed by atoms with Crippen molar-refractivity contribution in [1.29, 1.82) is 5.41 Å². The first-order valence-corrected chi connectivity index (χ1v) is 12.0. The molecule has 1 aromatic heterocycles. The summed E-state index contributed by atoms with van der Waals surface area (Å²) in [4.78, 5) is 15.5. The Labute approximate surface area is 191 Å². The summed E-state index contributed by atoms with van der Waals surface area (Å²) in [7, 11) is -3.55. The second kappa shape index (κ2) is 8.76. The van der Waals surface area contributed by atoms with Gasteiger partial charge in [0, 0.05) is 34.8 Å². The van der Waals surface area contributed by atoms with E-state index >= 15 is 0 Å². The third-order valence-corrected chi connectivity index (χ3v) is 6.32. The number of sulfone groups is 1. The van der Waals surface area contributed by atoms with Crippen molar-refractivity contribution >= 4 is 27.0 Å². The Bertz CT molecular complexity index is 1510. The molecule has 5 N–H and O–H groups in total. The molecular weight excluding hydrogens is 436 g/mol. The number of hydrogen-bond donors (Lipinski definition) is 4. The van der Waals surface area contributed by atoms with Gasteiger partial charge in [0.15, 0.2) is 9.84 Å². The summed E-state index contributed by atoms with van der Waals surface area (Å²) in [5.74, 6) is -0.0878. The lowest BCUT2D eigenvalue weighted by Gasteiger charge is -2.15. The highest BCUT2D eigenvalue weighted by atomic mass is 32.2. The predicted octanol–water partition coefficient (Wildman–Crippen LogP) is 4.14. The normalized spacial score (nSPS) is 11.2. The number of pyridine rings is 1. The van der Waals surface area contributed by atoms with Gasteiger partial charge in [-0.25, -0.2) is 8.42 Å². The summed E-state index contributed by atoms with van der Waals surface area (Å²) in [5.41, 5.74) is 9.05. The van der Waals surface area contributed by atoms with Gasteiger partial charge >= 0.3 is 0 Å². The molecule has 0 fully saturated rings. The second-order valence-corrected chi connectivity index (χ2v) is 9.55. The molecule has 166 valence electrons. The monoisotopic (exact) mass is 458 g/mol. The Morgan fingerprint density at radius 1 is 0.909 bits per heavy atom. The molecule has 0 unspecified atom stereocenters. The maximum atomic E-state index is 12.7. The fourth-order valence-corrected chi connectivity index (χ4v) is 4.53. The van der Waals surface area contributed by atoms with Crippen LogP contribution in [-0.2, 0) is 9.84 Å². The van der Waals surface area contributed by atoms with Crippen LogP contribution in [0.15, 0.2) is 94.7 Å². The van der Waals surface area contributed by atoms with Crippen LogP contribution in [0.4, 0.5) is 11.4 Å². The largest absolute Gasteiger partial charge is 0.384 e. The van der Waals surface area contributed by atoms with E-state index in [1.54, 1.807) is 48.5 Å². The maximum Gasteiger partial charge on any atom is 0.272 e. The summed E-state index contributed by atoms with van der Waals surface area (Å²) in [6.45, 7) is 0. The van der Waals surface area contributed by atoms with Crippen LogP contribution in [-0.4, -0.2) is 25.5 Å². The molecule has 0 saturated carbocycles. The zero-order valence-corrected chi connectivity index (χ0v) is 18.6. The Morgan fingerprint density at radius 3 is 2.36 bits per heavy atom. The molecule has 8 heteroatoms. The first-order valence-electron chi connectivity index (χ1n) is 10.1. The molecule has 4 rings (SSSR count). The molecule has 3 aromatic carbocycles. The van der Waals surface area contributed by atoms with Crippen molar-refractivity contribution in [3.05, 3.63) is 101 Å². The topological polar surface area (TPSA) is 129 Å². The van der Waals surface area contributed by atoms with Gasteiger partial charge in [-0.2, -0.15) is 0 Å². The first kappa shape index (κ1) is 22.0. The second-order valence-electron chi connectivity index (χ2n) is 7.56. The third-order valence-electron chi connectivity index (χ3n) is 5.18. The van der Waals surface area contributed by atoms with Crippen LogP contribution in [0.25, 0.3) is 22.3 Å². The van der Waals surface area contributed by atoms with Gasteiger partial charge in [0.25, 0.3) is 5.56 Å². The number of nitrogens with two attached hydrogens (primary N) is 1. The molecule has 33 heavy (non-hydrogen) atoms. The van der Waals surface area contributed by atoms with Crippen LogP contribution < -0.4 is 16.6 Å². The molecule has 4 aromatic rings. The van der Waals surface area contributed by atoms with Crippen LogP contribution in [0.3, 0.4) is 0 Å². The molecule has 0 atom stereocenters. The van der Waals surface area contributed by atoms with Crippen molar-refractivity contribution in [1.82, 2.24) is 4.98 Å². The number of amidine groups is 1. The zero-order chi connectivity index (χ0) is 23.6. The molecule has 0 aliphatic heterocycles. The highest BCUT2D eigenvalue weighted by Crippen LogP contribution is 2.34. The molecular formula is C25H22N4O3S. The van der Waals surface area contributed by atoms with Crippen molar-refractivity contribution in [2.75, 3.05) is 11.6 Å².